The Morgan fingerprint density at radius 3 is 2.86 bits per heavy atom. The van der Waals surface area contributed by atoms with Crippen molar-refractivity contribution in [1.29, 1.82) is 0 Å². The van der Waals surface area contributed by atoms with Crippen molar-refractivity contribution >= 4 is 11.2 Å². The van der Waals surface area contributed by atoms with Gasteiger partial charge in [0.25, 0.3) is 0 Å². The topological polar surface area (TPSA) is 39.9 Å². The van der Waals surface area contributed by atoms with Crippen molar-refractivity contribution in [3.63, 3.8) is 0 Å². The number of pyridine rings is 1. The smallest absolute Gasteiger partial charge is 0.160 e. The summed E-state index contributed by atoms with van der Waals surface area (Å²) < 4.78 is 8.03. The first-order valence-corrected chi connectivity index (χ1v) is 7.38. The summed E-state index contributed by atoms with van der Waals surface area (Å²) in [6, 6.07) is 14.4. The Balaban J connectivity index is 1.82. The van der Waals surface area contributed by atoms with E-state index in [1.807, 2.05) is 24.4 Å². The molecule has 1 unspecified atom stereocenters. The second-order valence-corrected chi connectivity index (χ2v) is 5.39. The van der Waals surface area contributed by atoms with E-state index in [0.29, 0.717) is 0 Å². The zero-order chi connectivity index (χ0) is 14.1. The predicted octanol–water partition coefficient (Wildman–Crippen LogP) is 3.33. The first-order valence-electron chi connectivity index (χ1n) is 7.38. The molecule has 21 heavy (non-hydrogen) atoms. The number of aromatic nitrogens is 3. The summed E-state index contributed by atoms with van der Waals surface area (Å²) in [5.41, 5.74) is 3.13. The van der Waals surface area contributed by atoms with E-state index >= 15 is 0 Å². The lowest BCUT2D eigenvalue weighted by atomic mass is 10.2. The Hall–Kier alpha value is -2.20. The van der Waals surface area contributed by atoms with Crippen LogP contribution < -0.4 is 0 Å². The van der Waals surface area contributed by atoms with E-state index < -0.39 is 0 Å². The van der Waals surface area contributed by atoms with Crippen molar-refractivity contribution in [2.45, 2.75) is 25.5 Å². The van der Waals surface area contributed by atoms with E-state index in [1.54, 1.807) is 0 Å². The number of fused-ring (bicyclic) bond motifs is 1. The standard InChI is InChI=1S/C17H17N3O/c1-2-6-13(7-3-1)12-20-16-14(8-4-10-18-16)19-17(20)15-9-5-11-21-15/h1-4,6-8,10,15H,5,9,11-12H2. The summed E-state index contributed by atoms with van der Waals surface area (Å²) in [7, 11) is 0. The maximum Gasteiger partial charge on any atom is 0.160 e. The van der Waals surface area contributed by atoms with Gasteiger partial charge in [0.15, 0.2) is 5.65 Å². The van der Waals surface area contributed by atoms with E-state index in [0.717, 1.165) is 43.0 Å². The molecule has 0 bridgehead atoms. The zero-order valence-corrected chi connectivity index (χ0v) is 11.8. The first-order chi connectivity index (χ1) is 10.4. The van der Waals surface area contributed by atoms with Gasteiger partial charge in [-0.25, -0.2) is 9.97 Å². The van der Waals surface area contributed by atoms with Crippen LogP contribution in [0.25, 0.3) is 11.2 Å². The summed E-state index contributed by atoms with van der Waals surface area (Å²) in [5.74, 6) is 1.00. The number of rotatable bonds is 3. The quantitative estimate of drug-likeness (QED) is 0.738. The van der Waals surface area contributed by atoms with Crippen LogP contribution in [0.1, 0.15) is 30.3 Å². The Morgan fingerprint density at radius 2 is 2.05 bits per heavy atom. The normalized spacial score (nSPS) is 18.4. The van der Waals surface area contributed by atoms with Crippen LogP contribution in [0.2, 0.25) is 0 Å². The molecule has 0 radical (unpaired) electrons. The molecule has 4 rings (SSSR count). The van der Waals surface area contributed by atoms with Crippen LogP contribution in [0, 0.1) is 0 Å². The van der Waals surface area contributed by atoms with Crippen molar-refractivity contribution < 1.29 is 4.74 Å². The third-order valence-corrected chi connectivity index (χ3v) is 3.93. The van der Waals surface area contributed by atoms with Gasteiger partial charge in [0.2, 0.25) is 0 Å². The van der Waals surface area contributed by atoms with Crippen LogP contribution in [0.15, 0.2) is 48.7 Å². The summed E-state index contributed by atoms with van der Waals surface area (Å²) in [4.78, 5) is 9.28. The minimum absolute atomic E-state index is 0.0999. The molecule has 0 aliphatic carbocycles. The molecule has 0 saturated carbocycles. The molecule has 4 heteroatoms. The summed E-state index contributed by atoms with van der Waals surface area (Å²) in [6.45, 7) is 1.61. The number of hydrogen-bond donors (Lipinski definition) is 0. The van der Waals surface area contributed by atoms with E-state index in [9.17, 15) is 0 Å². The van der Waals surface area contributed by atoms with Gasteiger partial charge in [-0.15, -0.1) is 0 Å². The molecule has 1 saturated heterocycles. The molecule has 4 nitrogen and oxygen atoms in total. The summed E-state index contributed by atoms with van der Waals surface area (Å²) in [5, 5.41) is 0. The summed E-state index contributed by atoms with van der Waals surface area (Å²) >= 11 is 0. The maximum absolute atomic E-state index is 5.84. The number of imidazole rings is 1. The Kier molecular flexibility index (Phi) is 3.16. The predicted molar refractivity (Wildman–Crippen MR) is 81.0 cm³/mol. The largest absolute Gasteiger partial charge is 0.370 e. The molecule has 106 valence electrons. The van der Waals surface area contributed by atoms with Crippen LogP contribution in [0.3, 0.4) is 0 Å². The molecule has 3 heterocycles. The van der Waals surface area contributed by atoms with Crippen molar-refractivity contribution in [3.8, 4) is 0 Å². The second kappa shape index (κ2) is 5.30. The average molecular weight is 279 g/mol. The van der Waals surface area contributed by atoms with Gasteiger partial charge in [-0.1, -0.05) is 30.3 Å². The Bertz CT molecular complexity index is 745. The Labute approximate surface area is 123 Å². The van der Waals surface area contributed by atoms with Crippen LogP contribution >= 0.6 is 0 Å². The average Bonchev–Trinajstić information content (AvgIpc) is 3.16. The van der Waals surface area contributed by atoms with Crippen LogP contribution in [0.4, 0.5) is 0 Å². The van der Waals surface area contributed by atoms with Gasteiger partial charge in [-0.3, -0.25) is 0 Å². The molecule has 3 aromatic rings. The fourth-order valence-electron chi connectivity index (χ4n) is 2.92. The molecule has 1 fully saturated rings. The lowest BCUT2D eigenvalue weighted by molar-refractivity contribution is 0.103. The highest BCUT2D eigenvalue weighted by Crippen LogP contribution is 2.30. The molecule has 1 atom stereocenters. The fraction of sp³-hybridized carbons (Fsp3) is 0.294. The number of hydrogen-bond acceptors (Lipinski definition) is 3. The van der Waals surface area contributed by atoms with E-state index in [-0.39, 0.29) is 6.10 Å². The van der Waals surface area contributed by atoms with Crippen molar-refractivity contribution in [2.75, 3.05) is 6.61 Å². The van der Waals surface area contributed by atoms with Gasteiger partial charge in [0, 0.05) is 12.8 Å². The van der Waals surface area contributed by atoms with Gasteiger partial charge >= 0.3 is 0 Å². The zero-order valence-electron chi connectivity index (χ0n) is 11.8. The van der Waals surface area contributed by atoms with Gasteiger partial charge in [-0.2, -0.15) is 0 Å². The highest BCUT2D eigenvalue weighted by atomic mass is 16.5. The van der Waals surface area contributed by atoms with Gasteiger partial charge in [-0.05, 0) is 30.5 Å². The van der Waals surface area contributed by atoms with Gasteiger partial charge in [0.05, 0.1) is 6.54 Å². The fourth-order valence-corrected chi connectivity index (χ4v) is 2.92. The highest BCUT2D eigenvalue weighted by molar-refractivity contribution is 5.71. The second-order valence-electron chi connectivity index (χ2n) is 5.39. The number of nitrogens with zero attached hydrogens (tertiary/aromatic N) is 3. The molecular weight excluding hydrogens is 262 g/mol. The molecular formula is C17H17N3O. The van der Waals surface area contributed by atoms with Crippen LogP contribution in [-0.4, -0.2) is 21.1 Å². The molecule has 1 aliphatic rings. The van der Waals surface area contributed by atoms with Gasteiger partial charge in [0.1, 0.15) is 17.4 Å². The number of benzene rings is 1. The molecule has 0 amide bonds. The van der Waals surface area contributed by atoms with Crippen molar-refractivity contribution in [1.82, 2.24) is 14.5 Å². The Morgan fingerprint density at radius 1 is 1.14 bits per heavy atom. The highest BCUT2D eigenvalue weighted by Gasteiger charge is 2.24. The lowest BCUT2D eigenvalue weighted by Crippen LogP contribution is -2.10. The van der Waals surface area contributed by atoms with Crippen molar-refractivity contribution in [2.24, 2.45) is 0 Å². The monoisotopic (exact) mass is 279 g/mol. The first kappa shape index (κ1) is 12.5. The maximum atomic E-state index is 5.84. The minimum Gasteiger partial charge on any atom is -0.370 e. The van der Waals surface area contributed by atoms with E-state index in [2.05, 4.69) is 33.8 Å². The van der Waals surface area contributed by atoms with E-state index in [1.165, 1.54) is 5.56 Å². The van der Waals surface area contributed by atoms with E-state index in [4.69, 9.17) is 9.72 Å². The number of ether oxygens (including phenoxy) is 1. The third-order valence-electron chi connectivity index (χ3n) is 3.93. The van der Waals surface area contributed by atoms with Crippen LogP contribution in [0.5, 0.6) is 0 Å². The van der Waals surface area contributed by atoms with Crippen LogP contribution in [-0.2, 0) is 11.3 Å². The SMILES string of the molecule is c1ccc(Cn2c(C3CCCO3)nc3cccnc32)cc1. The van der Waals surface area contributed by atoms with Gasteiger partial charge < -0.3 is 9.30 Å². The molecule has 0 N–H and O–H groups in total. The minimum atomic E-state index is 0.0999. The van der Waals surface area contributed by atoms with Crippen molar-refractivity contribution in [3.05, 3.63) is 60.0 Å². The molecule has 1 aliphatic heterocycles. The molecule has 0 spiro atoms. The molecule has 2 aromatic heterocycles. The lowest BCUT2D eigenvalue weighted by Gasteiger charge is -2.13. The molecule has 1 aromatic carbocycles. The summed E-state index contributed by atoms with van der Waals surface area (Å²) in [6.07, 6.45) is 4.07. The third kappa shape index (κ3) is 2.32.